The lowest BCUT2D eigenvalue weighted by molar-refractivity contribution is -0.192. The molecule has 0 aromatic carbocycles. The molecule has 12 heteroatoms. The third-order valence-corrected chi connectivity index (χ3v) is 5.74. The van der Waals surface area contributed by atoms with Gasteiger partial charge in [-0.2, -0.15) is 13.2 Å². The second-order valence-electron chi connectivity index (χ2n) is 8.41. The third-order valence-electron chi connectivity index (χ3n) is 5.74. The minimum Gasteiger partial charge on any atom is -0.475 e. The molecule has 0 saturated carbocycles. The number of nitrogens with zero attached hydrogens (tertiary/aromatic N) is 5. The predicted molar refractivity (Wildman–Crippen MR) is 112 cm³/mol. The van der Waals surface area contributed by atoms with Crippen LogP contribution in [0.3, 0.4) is 0 Å². The molecule has 0 aliphatic carbocycles. The average Bonchev–Trinajstić information content (AvgIpc) is 3.46. The van der Waals surface area contributed by atoms with E-state index in [9.17, 15) is 18.0 Å². The van der Waals surface area contributed by atoms with E-state index in [1.165, 1.54) is 32.4 Å². The number of hydrogen-bond donors (Lipinski definition) is 2. The molecule has 1 amide bonds. The Hall–Kier alpha value is -2.89. The lowest BCUT2D eigenvalue weighted by atomic mass is 9.98. The Morgan fingerprint density at radius 1 is 1.15 bits per heavy atom. The van der Waals surface area contributed by atoms with Gasteiger partial charge >= 0.3 is 12.1 Å². The maximum Gasteiger partial charge on any atom is 0.490 e. The van der Waals surface area contributed by atoms with Gasteiger partial charge in [-0.25, -0.2) is 4.79 Å². The van der Waals surface area contributed by atoms with Crippen molar-refractivity contribution in [3.8, 4) is 0 Å². The molecule has 0 spiro atoms. The zero-order valence-corrected chi connectivity index (χ0v) is 18.3. The molecule has 4 rings (SSSR count). The van der Waals surface area contributed by atoms with Crippen molar-refractivity contribution in [3.63, 3.8) is 0 Å². The van der Waals surface area contributed by atoms with E-state index in [4.69, 9.17) is 9.90 Å². The zero-order chi connectivity index (χ0) is 23.8. The number of aliphatic carboxylic acids is 1. The van der Waals surface area contributed by atoms with E-state index in [-0.39, 0.29) is 5.91 Å². The fourth-order valence-electron chi connectivity index (χ4n) is 4.14. The molecule has 33 heavy (non-hydrogen) atoms. The van der Waals surface area contributed by atoms with E-state index >= 15 is 0 Å². The van der Waals surface area contributed by atoms with Crippen LogP contribution in [0, 0.1) is 5.92 Å². The highest BCUT2D eigenvalue weighted by Crippen LogP contribution is 2.20. The first-order chi connectivity index (χ1) is 15.7. The summed E-state index contributed by atoms with van der Waals surface area (Å²) in [6, 6.07) is 3.71. The molecule has 2 aliphatic rings. The van der Waals surface area contributed by atoms with Crippen molar-refractivity contribution >= 4 is 11.9 Å². The summed E-state index contributed by atoms with van der Waals surface area (Å²) in [5.74, 6) is -2.22. The summed E-state index contributed by atoms with van der Waals surface area (Å²) in [4.78, 5) is 28.9. The third kappa shape index (κ3) is 7.58. The predicted octanol–water partition coefficient (Wildman–Crippen LogP) is 2.78. The van der Waals surface area contributed by atoms with Crippen LogP contribution in [-0.4, -0.2) is 79.1 Å². The van der Waals surface area contributed by atoms with E-state index in [0.29, 0.717) is 11.6 Å². The van der Waals surface area contributed by atoms with Crippen molar-refractivity contribution in [2.24, 2.45) is 5.92 Å². The minimum absolute atomic E-state index is 0.101. The Labute approximate surface area is 189 Å². The van der Waals surface area contributed by atoms with Crippen molar-refractivity contribution < 1.29 is 27.9 Å². The summed E-state index contributed by atoms with van der Waals surface area (Å²) in [7, 11) is 0. The van der Waals surface area contributed by atoms with Gasteiger partial charge in [0.15, 0.2) is 0 Å². The molecule has 2 fully saturated rings. The van der Waals surface area contributed by atoms with Gasteiger partial charge in [0.05, 0.1) is 5.69 Å². The number of halogens is 3. The molecule has 9 nitrogen and oxygen atoms in total. The number of aromatic amines is 1. The zero-order valence-electron chi connectivity index (χ0n) is 18.3. The molecule has 1 unspecified atom stereocenters. The number of hydrogen-bond acceptors (Lipinski definition) is 5. The Balaban J connectivity index is 0.000000383. The molecule has 182 valence electrons. The van der Waals surface area contributed by atoms with E-state index in [1.807, 2.05) is 21.7 Å². The van der Waals surface area contributed by atoms with Crippen molar-refractivity contribution in [3.05, 3.63) is 35.9 Å². The summed E-state index contributed by atoms with van der Waals surface area (Å²) in [5, 5.41) is 15.8. The summed E-state index contributed by atoms with van der Waals surface area (Å²) in [5.41, 5.74) is 1.73. The number of piperidine rings is 2. The first-order valence-corrected chi connectivity index (χ1v) is 11.1. The molecule has 0 bridgehead atoms. The number of H-pyrrole nitrogens is 1. The first-order valence-electron chi connectivity index (χ1n) is 11.1. The quantitative estimate of drug-likeness (QED) is 0.696. The van der Waals surface area contributed by atoms with E-state index in [1.54, 1.807) is 6.20 Å². The van der Waals surface area contributed by atoms with Gasteiger partial charge in [-0.05, 0) is 56.8 Å². The van der Waals surface area contributed by atoms with E-state index in [0.717, 1.165) is 44.7 Å². The van der Waals surface area contributed by atoms with Crippen molar-refractivity contribution in [2.45, 2.75) is 51.4 Å². The van der Waals surface area contributed by atoms with Crippen LogP contribution in [0.15, 0.2) is 24.5 Å². The van der Waals surface area contributed by atoms with Crippen LogP contribution in [-0.2, 0) is 17.9 Å². The van der Waals surface area contributed by atoms with Gasteiger partial charge in [-0.3, -0.25) is 14.4 Å². The monoisotopic (exact) mass is 470 g/mol. The van der Waals surface area contributed by atoms with Gasteiger partial charge in [0, 0.05) is 38.6 Å². The van der Waals surface area contributed by atoms with Crippen LogP contribution in [0.1, 0.15) is 48.3 Å². The molecule has 2 aliphatic heterocycles. The van der Waals surface area contributed by atoms with Crippen LogP contribution in [0.4, 0.5) is 13.2 Å². The van der Waals surface area contributed by atoms with Crippen LogP contribution in [0.5, 0.6) is 0 Å². The SMILES string of the molecule is O=C(O)C(F)(F)F.O=C(c1ccc[nH]1)N1CCCC(Cn2cc(CN3CCCCC3)nn2)C1. The molecule has 2 N–H and O–H groups in total. The molecule has 2 aromatic heterocycles. The lowest BCUT2D eigenvalue weighted by Gasteiger charge is -2.32. The molecular formula is C21H29F3N6O3. The first kappa shape index (κ1) is 24.7. The van der Waals surface area contributed by atoms with Crippen molar-refractivity contribution in [1.29, 1.82) is 0 Å². The smallest absolute Gasteiger partial charge is 0.475 e. The topological polar surface area (TPSA) is 107 Å². The maximum absolute atomic E-state index is 12.5. The van der Waals surface area contributed by atoms with Crippen molar-refractivity contribution in [1.82, 2.24) is 29.8 Å². The summed E-state index contributed by atoms with van der Waals surface area (Å²) >= 11 is 0. The maximum atomic E-state index is 12.5. The minimum atomic E-state index is -5.08. The summed E-state index contributed by atoms with van der Waals surface area (Å²) < 4.78 is 33.7. The molecule has 2 saturated heterocycles. The van der Waals surface area contributed by atoms with Crippen molar-refractivity contribution in [2.75, 3.05) is 26.2 Å². The number of amides is 1. The van der Waals surface area contributed by atoms with Crippen LogP contribution < -0.4 is 0 Å². The fourth-order valence-corrected chi connectivity index (χ4v) is 4.14. The Bertz CT molecular complexity index is 893. The van der Waals surface area contributed by atoms with E-state index < -0.39 is 12.1 Å². The highest BCUT2D eigenvalue weighted by atomic mass is 19.4. The largest absolute Gasteiger partial charge is 0.490 e. The number of carbonyl (C=O) groups excluding carboxylic acids is 1. The lowest BCUT2D eigenvalue weighted by Crippen LogP contribution is -2.41. The molecule has 0 radical (unpaired) electrons. The second kappa shape index (κ2) is 11.3. The molecule has 1 atom stereocenters. The van der Waals surface area contributed by atoms with Gasteiger partial charge in [-0.1, -0.05) is 11.6 Å². The average molecular weight is 470 g/mol. The van der Waals surface area contributed by atoms with Crippen LogP contribution in [0.25, 0.3) is 0 Å². The number of carboxylic acids is 1. The highest BCUT2D eigenvalue weighted by Gasteiger charge is 2.38. The van der Waals surface area contributed by atoms with Gasteiger partial charge in [-0.15, -0.1) is 5.10 Å². The standard InChI is InChI=1S/C19H28N6O.C2HF3O2/c26-19(18-7-4-8-20-18)24-11-5-6-16(12-24)13-25-15-17(21-22-25)14-23-9-2-1-3-10-23;3-2(4,5)1(6)7/h4,7-8,15-16,20H,1-3,5-6,9-14H2;(H,6,7). The van der Waals surface area contributed by atoms with Crippen LogP contribution in [0.2, 0.25) is 0 Å². The normalized spacial score (nSPS) is 19.6. The fraction of sp³-hybridized carbons (Fsp3) is 0.619. The number of carboxylic acid groups (broad SMARTS) is 1. The number of alkyl halides is 3. The molecule has 2 aromatic rings. The highest BCUT2D eigenvalue weighted by molar-refractivity contribution is 5.92. The number of nitrogens with one attached hydrogen (secondary N) is 1. The number of rotatable bonds is 5. The van der Waals surface area contributed by atoms with Gasteiger partial charge in [0.1, 0.15) is 5.69 Å². The summed E-state index contributed by atoms with van der Waals surface area (Å²) in [6.45, 7) is 5.71. The van der Waals surface area contributed by atoms with Gasteiger partial charge < -0.3 is 15.0 Å². The number of carbonyl (C=O) groups is 2. The molecule has 4 heterocycles. The van der Waals surface area contributed by atoms with Gasteiger partial charge in [0.2, 0.25) is 0 Å². The Kier molecular flexibility index (Phi) is 8.48. The van der Waals surface area contributed by atoms with E-state index in [2.05, 4.69) is 26.4 Å². The number of aromatic nitrogens is 4. The summed E-state index contributed by atoms with van der Waals surface area (Å²) in [6.07, 6.45) is 4.92. The Morgan fingerprint density at radius 3 is 2.52 bits per heavy atom. The Morgan fingerprint density at radius 2 is 1.88 bits per heavy atom. The van der Waals surface area contributed by atoms with Gasteiger partial charge in [0.25, 0.3) is 5.91 Å². The second-order valence-corrected chi connectivity index (χ2v) is 8.41. The van der Waals surface area contributed by atoms with Crippen LogP contribution >= 0.6 is 0 Å². The molecular weight excluding hydrogens is 441 g/mol. The number of likely N-dealkylation sites (tertiary alicyclic amines) is 2.